The van der Waals surface area contributed by atoms with Crippen LogP contribution in [0.25, 0.3) is 0 Å². The van der Waals surface area contributed by atoms with E-state index in [1.165, 1.54) is 12.1 Å². The monoisotopic (exact) mass is 302 g/mol. The van der Waals surface area contributed by atoms with E-state index in [-0.39, 0.29) is 5.56 Å². The molecule has 6 heteroatoms. The number of amides is 1. The van der Waals surface area contributed by atoms with Gasteiger partial charge in [0.05, 0.1) is 17.2 Å². The van der Waals surface area contributed by atoms with Crippen molar-refractivity contribution in [1.29, 1.82) is 5.26 Å². The van der Waals surface area contributed by atoms with E-state index in [9.17, 15) is 9.59 Å². The number of nitrogens with zero attached hydrogens (tertiary/aromatic N) is 1. The van der Waals surface area contributed by atoms with Gasteiger partial charge in [-0.15, -0.1) is 0 Å². The van der Waals surface area contributed by atoms with Crippen molar-refractivity contribution in [2.24, 2.45) is 5.73 Å². The Morgan fingerprint density at radius 1 is 1.10 bits per heavy atom. The van der Waals surface area contributed by atoms with E-state index >= 15 is 0 Å². The number of nitriles is 1. The Balaban J connectivity index is 0.000000211. The maximum atomic E-state index is 10.5. The summed E-state index contributed by atoms with van der Waals surface area (Å²) < 4.78 is 0. The molecule has 2 aromatic rings. The predicted octanol–water partition coefficient (Wildman–Crippen LogP) is 2.70. The second-order valence-corrected chi connectivity index (χ2v) is 4.31. The van der Waals surface area contributed by atoms with Crippen molar-refractivity contribution < 1.29 is 14.7 Å². The Morgan fingerprint density at radius 3 is 2.19 bits per heavy atom. The molecular formula is C15H11ClN2O3. The number of rotatable bonds is 2. The molecule has 0 heterocycles. The second kappa shape index (κ2) is 7.68. The predicted molar refractivity (Wildman–Crippen MR) is 78.1 cm³/mol. The third-order valence-corrected chi connectivity index (χ3v) is 2.62. The van der Waals surface area contributed by atoms with Gasteiger partial charge in [-0.05, 0) is 42.5 Å². The van der Waals surface area contributed by atoms with Gasteiger partial charge in [0.15, 0.2) is 0 Å². The van der Waals surface area contributed by atoms with Crippen LogP contribution in [0, 0.1) is 11.3 Å². The molecule has 1 amide bonds. The molecule has 5 nitrogen and oxygen atoms in total. The van der Waals surface area contributed by atoms with E-state index in [0.717, 1.165) is 0 Å². The number of aromatic carboxylic acids is 1. The summed E-state index contributed by atoms with van der Waals surface area (Å²) in [4.78, 5) is 20.9. The quantitative estimate of drug-likeness (QED) is 0.889. The van der Waals surface area contributed by atoms with E-state index in [2.05, 4.69) is 0 Å². The molecule has 0 spiro atoms. The molecule has 0 aliphatic heterocycles. The van der Waals surface area contributed by atoms with Crippen molar-refractivity contribution in [3.05, 3.63) is 70.2 Å². The molecule has 106 valence electrons. The number of nitrogens with two attached hydrogens (primary N) is 1. The zero-order valence-electron chi connectivity index (χ0n) is 10.8. The van der Waals surface area contributed by atoms with E-state index in [1.54, 1.807) is 36.4 Å². The van der Waals surface area contributed by atoms with Gasteiger partial charge in [0, 0.05) is 10.6 Å². The lowest BCUT2D eigenvalue weighted by molar-refractivity contribution is 0.0696. The van der Waals surface area contributed by atoms with Gasteiger partial charge in [-0.3, -0.25) is 4.79 Å². The smallest absolute Gasteiger partial charge is 0.335 e. The molecule has 0 radical (unpaired) electrons. The number of halogens is 1. The third kappa shape index (κ3) is 5.35. The first-order chi connectivity index (χ1) is 9.93. The highest BCUT2D eigenvalue weighted by atomic mass is 35.5. The molecule has 0 aromatic heterocycles. The molecule has 21 heavy (non-hydrogen) atoms. The lowest BCUT2D eigenvalue weighted by Gasteiger charge is -1.92. The number of carboxylic acids is 1. The fourth-order valence-corrected chi connectivity index (χ4v) is 1.46. The van der Waals surface area contributed by atoms with E-state index in [0.29, 0.717) is 16.1 Å². The van der Waals surface area contributed by atoms with Crippen LogP contribution in [-0.4, -0.2) is 17.0 Å². The van der Waals surface area contributed by atoms with Gasteiger partial charge >= 0.3 is 5.97 Å². The first-order valence-electron chi connectivity index (χ1n) is 5.73. The second-order valence-electron chi connectivity index (χ2n) is 3.87. The van der Waals surface area contributed by atoms with Crippen LogP contribution in [0.15, 0.2) is 48.5 Å². The Morgan fingerprint density at radius 2 is 1.71 bits per heavy atom. The zero-order valence-corrected chi connectivity index (χ0v) is 11.5. The van der Waals surface area contributed by atoms with Gasteiger partial charge in [-0.25, -0.2) is 4.79 Å². The molecule has 0 fully saturated rings. The fraction of sp³-hybridized carbons (Fsp3) is 0. The molecule has 2 aromatic carbocycles. The summed E-state index contributed by atoms with van der Waals surface area (Å²) in [6, 6.07) is 14.2. The molecule has 0 unspecified atom stereocenters. The summed E-state index contributed by atoms with van der Waals surface area (Å²) in [6.07, 6.45) is 0. The summed E-state index contributed by atoms with van der Waals surface area (Å²) in [5.41, 5.74) is 5.97. The lowest BCUT2D eigenvalue weighted by Crippen LogP contribution is -2.10. The summed E-state index contributed by atoms with van der Waals surface area (Å²) in [6.45, 7) is 0. The number of carbonyl (C=O) groups excluding carboxylic acids is 1. The molecule has 0 saturated carbocycles. The SMILES string of the molecule is N#Cc1cccc(C(=O)O)c1.NC(=O)c1ccc(Cl)cc1. The van der Waals surface area contributed by atoms with Gasteiger partial charge < -0.3 is 10.8 Å². The molecule has 0 saturated heterocycles. The topological polar surface area (TPSA) is 104 Å². The maximum absolute atomic E-state index is 10.5. The van der Waals surface area contributed by atoms with Gasteiger partial charge in [-0.1, -0.05) is 17.7 Å². The number of primary amides is 1. The van der Waals surface area contributed by atoms with E-state index in [4.69, 9.17) is 27.7 Å². The number of benzene rings is 2. The largest absolute Gasteiger partial charge is 0.478 e. The number of carbonyl (C=O) groups is 2. The van der Waals surface area contributed by atoms with Crippen molar-refractivity contribution >= 4 is 23.5 Å². The van der Waals surface area contributed by atoms with Crippen LogP contribution >= 0.6 is 11.6 Å². The Hall–Kier alpha value is -2.84. The molecule has 3 N–H and O–H groups in total. The fourth-order valence-electron chi connectivity index (χ4n) is 1.34. The summed E-state index contributed by atoms with van der Waals surface area (Å²) in [7, 11) is 0. The first kappa shape index (κ1) is 16.2. The maximum Gasteiger partial charge on any atom is 0.335 e. The van der Waals surface area contributed by atoms with Crippen LogP contribution in [0.1, 0.15) is 26.3 Å². The summed E-state index contributed by atoms with van der Waals surface area (Å²) in [5, 5.41) is 17.5. The number of hydrogen-bond donors (Lipinski definition) is 2. The van der Waals surface area contributed by atoms with Crippen molar-refractivity contribution in [1.82, 2.24) is 0 Å². The summed E-state index contributed by atoms with van der Waals surface area (Å²) >= 11 is 5.56. The third-order valence-electron chi connectivity index (χ3n) is 2.37. The van der Waals surface area contributed by atoms with Crippen LogP contribution in [-0.2, 0) is 0 Å². The van der Waals surface area contributed by atoms with Gasteiger partial charge in [0.25, 0.3) is 0 Å². The lowest BCUT2D eigenvalue weighted by atomic mass is 10.1. The molecule has 0 aliphatic carbocycles. The first-order valence-corrected chi connectivity index (χ1v) is 6.10. The number of hydrogen-bond acceptors (Lipinski definition) is 3. The minimum absolute atomic E-state index is 0.143. The minimum Gasteiger partial charge on any atom is -0.478 e. The molecule has 2 rings (SSSR count). The Bertz CT molecular complexity index is 691. The van der Waals surface area contributed by atoms with Gasteiger partial charge in [-0.2, -0.15) is 5.26 Å². The standard InChI is InChI=1S/C8H5NO2.C7H6ClNO/c9-5-6-2-1-3-7(4-6)8(10)11;8-6-3-1-5(2-4-6)7(9)10/h1-4H,(H,10,11);1-4H,(H2,9,10). The average Bonchev–Trinajstić information content (AvgIpc) is 2.48. The molecule has 0 bridgehead atoms. The Kier molecular flexibility index (Phi) is 5.93. The molecule has 0 aliphatic rings. The minimum atomic E-state index is -1.01. The average molecular weight is 303 g/mol. The van der Waals surface area contributed by atoms with E-state index < -0.39 is 11.9 Å². The van der Waals surface area contributed by atoms with Crippen molar-refractivity contribution in [2.75, 3.05) is 0 Å². The van der Waals surface area contributed by atoms with E-state index in [1.807, 2.05) is 6.07 Å². The van der Waals surface area contributed by atoms with Gasteiger partial charge in [0.1, 0.15) is 0 Å². The van der Waals surface area contributed by atoms with Crippen molar-refractivity contribution in [3.8, 4) is 6.07 Å². The number of carboxylic acid groups (broad SMARTS) is 1. The highest BCUT2D eigenvalue weighted by molar-refractivity contribution is 6.30. The molecular weight excluding hydrogens is 292 g/mol. The Labute approximate surface area is 126 Å². The highest BCUT2D eigenvalue weighted by Crippen LogP contribution is 2.08. The van der Waals surface area contributed by atoms with Crippen LogP contribution in [0.4, 0.5) is 0 Å². The normalized spacial score (nSPS) is 8.95. The molecule has 0 atom stereocenters. The zero-order chi connectivity index (χ0) is 15.8. The van der Waals surface area contributed by atoms with Crippen LogP contribution in [0.5, 0.6) is 0 Å². The van der Waals surface area contributed by atoms with Crippen molar-refractivity contribution in [3.63, 3.8) is 0 Å². The summed E-state index contributed by atoms with van der Waals surface area (Å²) in [5.74, 6) is -1.45. The van der Waals surface area contributed by atoms with Crippen LogP contribution in [0.2, 0.25) is 5.02 Å². The van der Waals surface area contributed by atoms with Crippen LogP contribution in [0.3, 0.4) is 0 Å². The van der Waals surface area contributed by atoms with Crippen LogP contribution < -0.4 is 5.73 Å². The van der Waals surface area contributed by atoms with Crippen molar-refractivity contribution in [2.45, 2.75) is 0 Å². The van der Waals surface area contributed by atoms with Gasteiger partial charge in [0.2, 0.25) is 5.91 Å². The highest BCUT2D eigenvalue weighted by Gasteiger charge is 2.01.